The summed E-state index contributed by atoms with van der Waals surface area (Å²) in [6.45, 7) is -0.232. The van der Waals surface area contributed by atoms with Crippen molar-refractivity contribution in [2.75, 3.05) is 6.61 Å². The van der Waals surface area contributed by atoms with Crippen LogP contribution in [0, 0.1) is 0 Å². The van der Waals surface area contributed by atoms with Gasteiger partial charge in [0.1, 0.15) is 6.10 Å². The number of carbonyl (C=O) groups excluding carboxylic acids is 1. The van der Waals surface area contributed by atoms with E-state index in [0.29, 0.717) is 11.1 Å². The lowest BCUT2D eigenvalue weighted by Crippen LogP contribution is -2.19. The van der Waals surface area contributed by atoms with Crippen LogP contribution >= 0.6 is 0 Å². The molecule has 20 heavy (non-hydrogen) atoms. The van der Waals surface area contributed by atoms with Crippen molar-refractivity contribution in [1.82, 2.24) is 0 Å². The normalized spacial score (nSPS) is 13.8. The Morgan fingerprint density at radius 2 is 1.65 bits per heavy atom. The Hall–Kier alpha value is -1.76. The molecule has 0 fully saturated rings. The number of benzene rings is 1. The predicted molar refractivity (Wildman–Crippen MR) is 70.3 cm³/mol. The maximum atomic E-state index is 11.7. The molecule has 0 aliphatic heterocycles. The standard InChI is InChI=1S/C14H18O6/c15-8-7-12(17)14(20)10-3-1-9(2-4-10)11(16)5-6-13(18)19/h1-4,12,14-15,17,20H,5-8H2,(H,18,19). The monoisotopic (exact) mass is 282 g/mol. The molecule has 0 aliphatic rings. The summed E-state index contributed by atoms with van der Waals surface area (Å²) in [5, 5.41) is 36.5. The molecule has 4 N–H and O–H groups in total. The Morgan fingerprint density at radius 3 is 2.15 bits per heavy atom. The third-order valence-corrected chi connectivity index (χ3v) is 2.93. The van der Waals surface area contributed by atoms with Gasteiger partial charge in [-0.05, 0) is 12.0 Å². The number of rotatable bonds is 8. The lowest BCUT2D eigenvalue weighted by molar-refractivity contribution is -0.136. The van der Waals surface area contributed by atoms with Crippen molar-refractivity contribution in [2.45, 2.75) is 31.5 Å². The average Bonchev–Trinajstić information content (AvgIpc) is 2.44. The molecular weight excluding hydrogens is 264 g/mol. The van der Waals surface area contributed by atoms with Gasteiger partial charge < -0.3 is 20.4 Å². The summed E-state index contributed by atoms with van der Waals surface area (Å²) < 4.78 is 0. The van der Waals surface area contributed by atoms with Crippen LogP contribution in [0.3, 0.4) is 0 Å². The molecule has 1 rings (SSSR count). The maximum absolute atomic E-state index is 11.7. The van der Waals surface area contributed by atoms with Crippen LogP contribution in [0.5, 0.6) is 0 Å². The molecule has 110 valence electrons. The van der Waals surface area contributed by atoms with Crippen molar-refractivity contribution in [3.8, 4) is 0 Å². The molecule has 0 heterocycles. The first-order valence-electron chi connectivity index (χ1n) is 6.27. The molecule has 0 spiro atoms. The number of carboxylic acids is 1. The van der Waals surface area contributed by atoms with E-state index in [1.165, 1.54) is 24.3 Å². The highest BCUT2D eigenvalue weighted by molar-refractivity contribution is 5.97. The topological polar surface area (TPSA) is 115 Å². The maximum Gasteiger partial charge on any atom is 0.303 e. The second kappa shape index (κ2) is 7.74. The fraction of sp³-hybridized carbons (Fsp3) is 0.429. The molecule has 0 bridgehead atoms. The van der Waals surface area contributed by atoms with Crippen LogP contribution in [-0.2, 0) is 4.79 Å². The number of aliphatic hydroxyl groups is 3. The Bertz CT molecular complexity index is 453. The number of carboxylic acid groups (broad SMARTS) is 1. The van der Waals surface area contributed by atoms with Gasteiger partial charge in [0.2, 0.25) is 0 Å². The van der Waals surface area contributed by atoms with Crippen LogP contribution < -0.4 is 0 Å². The average molecular weight is 282 g/mol. The van der Waals surface area contributed by atoms with Crippen molar-refractivity contribution in [2.24, 2.45) is 0 Å². The Morgan fingerprint density at radius 1 is 1.05 bits per heavy atom. The van der Waals surface area contributed by atoms with E-state index in [4.69, 9.17) is 10.2 Å². The molecule has 0 saturated heterocycles. The number of Topliss-reactive ketones (excluding diaryl/α,β-unsaturated/α-hetero) is 1. The molecule has 0 aliphatic carbocycles. The van der Waals surface area contributed by atoms with E-state index in [2.05, 4.69) is 0 Å². The zero-order valence-corrected chi connectivity index (χ0v) is 10.9. The first-order valence-corrected chi connectivity index (χ1v) is 6.27. The molecule has 1 aromatic rings. The van der Waals surface area contributed by atoms with Gasteiger partial charge in [0.15, 0.2) is 5.78 Å². The van der Waals surface area contributed by atoms with Crippen molar-refractivity contribution in [1.29, 1.82) is 0 Å². The quantitative estimate of drug-likeness (QED) is 0.516. The summed E-state index contributed by atoms with van der Waals surface area (Å²) in [5.74, 6) is -1.32. The van der Waals surface area contributed by atoms with E-state index in [9.17, 15) is 19.8 Å². The fourth-order valence-electron chi connectivity index (χ4n) is 1.74. The number of aliphatic carboxylic acids is 1. The molecule has 0 aromatic heterocycles. The molecule has 0 amide bonds. The third kappa shape index (κ3) is 4.73. The highest BCUT2D eigenvalue weighted by Crippen LogP contribution is 2.20. The minimum absolute atomic E-state index is 0.0560. The van der Waals surface area contributed by atoms with Crippen LogP contribution in [0.15, 0.2) is 24.3 Å². The highest BCUT2D eigenvalue weighted by Gasteiger charge is 2.18. The first kappa shape index (κ1) is 16.3. The predicted octanol–water partition coefficient (Wildman–Crippen LogP) is 0.511. The van der Waals surface area contributed by atoms with Gasteiger partial charge in [-0.15, -0.1) is 0 Å². The van der Waals surface area contributed by atoms with Crippen LogP contribution in [0.4, 0.5) is 0 Å². The van der Waals surface area contributed by atoms with Gasteiger partial charge in [-0.1, -0.05) is 24.3 Å². The highest BCUT2D eigenvalue weighted by atomic mass is 16.4. The molecule has 2 unspecified atom stereocenters. The van der Waals surface area contributed by atoms with Gasteiger partial charge >= 0.3 is 5.97 Å². The van der Waals surface area contributed by atoms with E-state index in [1.807, 2.05) is 0 Å². The zero-order valence-electron chi connectivity index (χ0n) is 10.9. The summed E-state index contributed by atoms with van der Waals surface area (Å²) in [7, 11) is 0. The van der Waals surface area contributed by atoms with Crippen molar-refractivity contribution < 1.29 is 30.0 Å². The van der Waals surface area contributed by atoms with Gasteiger partial charge in [-0.3, -0.25) is 9.59 Å². The Balaban J connectivity index is 2.68. The number of hydrogen-bond acceptors (Lipinski definition) is 5. The Kier molecular flexibility index (Phi) is 6.30. The van der Waals surface area contributed by atoms with Crippen molar-refractivity contribution in [3.63, 3.8) is 0 Å². The lowest BCUT2D eigenvalue weighted by Gasteiger charge is -2.17. The summed E-state index contributed by atoms with van der Waals surface area (Å²) in [5.41, 5.74) is 0.791. The minimum atomic E-state index is -1.13. The number of hydrogen-bond donors (Lipinski definition) is 4. The second-order valence-electron chi connectivity index (χ2n) is 4.46. The van der Waals surface area contributed by atoms with Gasteiger partial charge in [-0.25, -0.2) is 0 Å². The van der Waals surface area contributed by atoms with Crippen LogP contribution in [0.2, 0.25) is 0 Å². The number of ketones is 1. The van der Waals surface area contributed by atoms with Gasteiger partial charge in [0.25, 0.3) is 0 Å². The number of aliphatic hydroxyl groups excluding tert-OH is 3. The third-order valence-electron chi connectivity index (χ3n) is 2.93. The van der Waals surface area contributed by atoms with Crippen molar-refractivity contribution in [3.05, 3.63) is 35.4 Å². The van der Waals surface area contributed by atoms with E-state index in [1.54, 1.807) is 0 Å². The van der Waals surface area contributed by atoms with Gasteiger partial charge in [0.05, 0.1) is 12.5 Å². The fourth-order valence-corrected chi connectivity index (χ4v) is 1.74. The van der Waals surface area contributed by atoms with Gasteiger partial charge in [0, 0.05) is 18.6 Å². The zero-order chi connectivity index (χ0) is 15.1. The van der Waals surface area contributed by atoms with Gasteiger partial charge in [-0.2, -0.15) is 0 Å². The molecule has 6 nitrogen and oxygen atoms in total. The first-order chi connectivity index (χ1) is 9.45. The largest absolute Gasteiger partial charge is 0.481 e. The molecule has 0 saturated carbocycles. The number of carbonyl (C=O) groups is 2. The summed E-state index contributed by atoms with van der Waals surface area (Å²) in [6.07, 6.45) is -2.46. The molecule has 2 atom stereocenters. The van der Waals surface area contributed by atoms with E-state index < -0.39 is 18.2 Å². The molecule has 0 radical (unpaired) electrons. The summed E-state index contributed by atoms with van der Waals surface area (Å²) >= 11 is 0. The SMILES string of the molecule is O=C(O)CCC(=O)c1ccc(C(O)C(O)CCO)cc1. The summed E-state index contributed by atoms with van der Waals surface area (Å²) in [4.78, 5) is 22.0. The van der Waals surface area contributed by atoms with Crippen LogP contribution in [-0.4, -0.2) is 44.9 Å². The van der Waals surface area contributed by atoms with E-state index in [-0.39, 0.29) is 31.7 Å². The minimum Gasteiger partial charge on any atom is -0.481 e. The molecule has 1 aromatic carbocycles. The van der Waals surface area contributed by atoms with Crippen molar-refractivity contribution >= 4 is 11.8 Å². The lowest BCUT2D eigenvalue weighted by atomic mass is 9.99. The molecule has 6 heteroatoms. The van der Waals surface area contributed by atoms with Crippen LogP contribution in [0.1, 0.15) is 41.3 Å². The second-order valence-corrected chi connectivity index (χ2v) is 4.46. The Labute approximate surface area is 116 Å². The molecular formula is C14H18O6. The summed E-state index contributed by atoms with van der Waals surface area (Å²) in [6, 6.07) is 5.96. The van der Waals surface area contributed by atoms with E-state index in [0.717, 1.165) is 0 Å². The van der Waals surface area contributed by atoms with Crippen LogP contribution in [0.25, 0.3) is 0 Å². The smallest absolute Gasteiger partial charge is 0.303 e. The van der Waals surface area contributed by atoms with E-state index >= 15 is 0 Å².